The molecule has 0 N–H and O–H groups in total. The van der Waals surface area contributed by atoms with Crippen molar-refractivity contribution in [1.82, 2.24) is 0 Å². The Morgan fingerprint density at radius 3 is 2.70 bits per heavy atom. The largest absolute Gasteiger partial charge is 0.493 e. The molecule has 0 saturated carbocycles. The topological polar surface area (TPSA) is 84.8 Å². The van der Waals surface area contributed by atoms with Gasteiger partial charge in [0.05, 0.1) is 7.11 Å². The zero-order valence-electron chi connectivity index (χ0n) is 14.2. The summed E-state index contributed by atoms with van der Waals surface area (Å²) in [5.41, 5.74) is 1.47. The van der Waals surface area contributed by atoms with Gasteiger partial charge in [-0.2, -0.15) is 0 Å². The second-order valence-electron chi connectivity index (χ2n) is 5.86. The van der Waals surface area contributed by atoms with E-state index >= 15 is 0 Å². The van der Waals surface area contributed by atoms with Crippen molar-refractivity contribution in [2.75, 3.05) is 20.7 Å². The van der Waals surface area contributed by atoms with Crippen LogP contribution in [0.15, 0.2) is 41.0 Å². The summed E-state index contributed by atoms with van der Waals surface area (Å²) in [5.74, 6) is 2.50. The quantitative estimate of drug-likeness (QED) is 0.609. The van der Waals surface area contributed by atoms with Crippen molar-refractivity contribution in [3.63, 3.8) is 0 Å². The Bertz CT molecular complexity index is 1020. The van der Waals surface area contributed by atoms with Gasteiger partial charge < -0.3 is 28.4 Å². The first-order valence-corrected chi connectivity index (χ1v) is 8.11. The number of rotatable bonds is 3. The molecular formula is C19H13NO7. The minimum Gasteiger partial charge on any atom is -0.493 e. The number of hydrogen-bond donors (Lipinski definition) is 0. The van der Waals surface area contributed by atoms with Crippen LogP contribution in [0.2, 0.25) is 0 Å². The van der Waals surface area contributed by atoms with Gasteiger partial charge in [0, 0.05) is 5.56 Å². The molecule has 0 aliphatic carbocycles. The molecule has 0 atom stereocenters. The van der Waals surface area contributed by atoms with E-state index in [-0.39, 0.29) is 25.2 Å². The Morgan fingerprint density at radius 2 is 1.81 bits per heavy atom. The SMILES string of the molecule is COc1cc(C=C2N=C(c3ccc4c(c3)OCO4)OC2=O)cc2c1OCO2. The molecule has 0 amide bonds. The van der Waals surface area contributed by atoms with E-state index in [0.29, 0.717) is 39.9 Å². The molecule has 8 heteroatoms. The number of cyclic esters (lactones) is 1. The third-order valence-electron chi connectivity index (χ3n) is 4.22. The van der Waals surface area contributed by atoms with Crippen LogP contribution in [0.4, 0.5) is 0 Å². The number of benzene rings is 2. The van der Waals surface area contributed by atoms with Crippen LogP contribution in [0.5, 0.6) is 28.7 Å². The fraction of sp³-hybridized carbons (Fsp3) is 0.158. The lowest BCUT2D eigenvalue weighted by molar-refractivity contribution is -0.129. The maximum atomic E-state index is 12.2. The van der Waals surface area contributed by atoms with Gasteiger partial charge in [-0.1, -0.05) is 0 Å². The lowest BCUT2D eigenvalue weighted by atomic mass is 10.1. The molecule has 5 rings (SSSR count). The molecule has 0 unspecified atom stereocenters. The first-order valence-electron chi connectivity index (χ1n) is 8.11. The Hall–Kier alpha value is -3.68. The number of carbonyl (C=O) groups excluding carboxylic acids is 1. The number of carbonyl (C=O) groups is 1. The van der Waals surface area contributed by atoms with Crippen molar-refractivity contribution < 1.29 is 33.2 Å². The molecule has 3 aliphatic heterocycles. The van der Waals surface area contributed by atoms with Gasteiger partial charge in [0.25, 0.3) is 0 Å². The van der Waals surface area contributed by atoms with E-state index in [0.717, 1.165) is 0 Å². The summed E-state index contributed by atoms with van der Waals surface area (Å²) in [4.78, 5) is 16.5. The maximum absolute atomic E-state index is 12.2. The van der Waals surface area contributed by atoms with E-state index in [4.69, 9.17) is 28.4 Å². The highest BCUT2D eigenvalue weighted by atomic mass is 16.7. The number of hydrogen-bond acceptors (Lipinski definition) is 8. The highest BCUT2D eigenvalue weighted by molar-refractivity contribution is 6.13. The first-order chi connectivity index (χ1) is 13.2. The second-order valence-corrected chi connectivity index (χ2v) is 5.86. The Balaban J connectivity index is 1.49. The molecule has 0 radical (unpaired) electrons. The van der Waals surface area contributed by atoms with E-state index in [2.05, 4.69) is 4.99 Å². The maximum Gasteiger partial charge on any atom is 0.363 e. The van der Waals surface area contributed by atoms with Crippen LogP contribution in [0.25, 0.3) is 6.08 Å². The number of esters is 1. The van der Waals surface area contributed by atoms with Crippen molar-refractivity contribution in [2.45, 2.75) is 0 Å². The predicted molar refractivity (Wildman–Crippen MR) is 92.3 cm³/mol. The first kappa shape index (κ1) is 15.6. The summed E-state index contributed by atoms with van der Waals surface area (Å²) in [6, 6.07) is 8.71. The molecule has 0 bridgehead atoms. The lowest BCUT2D eigenvalue weighted by Crippen LogP contribution is -2.05. The van der Waals surface area contributed by atoms with Crippen LogP contribution in [0.1, 0.15) is 11.1 Å². The van der Waals surface area contributed by atoms with E-state index in [9.17, 15) is 4.79 Å². The van der Waals surface area contributed by atoms with Crippen LogP contribution < -0.4 is 23.7 Å². The molecule has 2 aromatic carbocycles. The van der Waals surface area contributed by atoms with Crippen molar-refractivity contribution in [3.05, 3.63) is 47.2 Å². The third kappa shape index (κ3) is 2.62. The van der Waals surface area contributed by atoms with E-state index in [1.54, 1.807) is 36.4 Å². The Labute approximate surface area is 153 Å². The number of ether oxygens (including phenoxy) is 6. The number of aliphatic imine (C=N–C) groups is 1. The minimum atomic E-state index is -0.542. The lowest BCUT2D eigenvalue weighted by Gasteiger charge is -2.05. The summed E-state index contributed by atoms with van der Waals surface area (Å²) in [6.07, 6.45) is 1.60. The summed E-state index contributed by atoms with van der Waals surface area (Å²) < 4.78 is 32.0. The Kier molecular flexibility index (Phi) is 3.43. The standard InChI is InChI=1S/C19H13NO7/c1-22-15-5-10(6-16-17(15)26-9-25-16)4-12-19(21)27-18(20-12)11-2-3-13-14(7-11)24-8-23-13/h2-7H,8-9H2,1H3. The normalized spacial score (nSPS) is 17.9. The van der Waals surface area contributed by atoms with Gasteiger partial charge in [-0.15, -0.1) is 0 Å². The highest BCUT2D eigenvalue weighted by Gasteiger charge is 2.27. The van der Waals surface area contributed by atoms with Gasteiger partial charge in [0.2, 0.25) is 25.2 Å². The summed E-state index contributed by atoms with van der Waals surface area (Å²) >= 11 is 0. The van der Waals surface area contributed by atoms with Crippen LogP contribution in [-0.4, -0.2) is 32.6 Å². The zero-order valence-corrected chi connectivity index (χ0v) is 14.2. The van der Waals surface area contributed by atoms with Crippen LogP contribution in [0.3, 0.4) is 0 Å². The average molecular weight is 367 g/mol. The molecule has 136 valence electrons. The molecule has 0 aromatic heterocycles. The van der Waals surface area contributed by atoms with Gasteiger partial charge in [-0.3, -0.25) is 0 Å². The molecule has 8 nitrogen and oxygen atoms in total. The van der Waals surface area contributed by atoms with E-state index in [1.165, 1.54) is 7.11 Å². The molecule has 0 saturated heterocycles. The van der Waals surface area contributed by atoms with Gasteiger partial charge in [-0.25, -0.2) is 9.79 Å². The molecule has 3 aliphatic rings. The number of methoxy groups -OCH3 is 1. The molecule has 0 spiro atoms. The number of fused-ring (bicyclic) bond motifs is 2. The van der Waals surface area contributed by atoms with Crippen LogP contribution in [0, 0.1) is 0 Å². The highest BCUT2D eigenvalue weighted by Crippen LogP contribution is 2.42. The van der Waals surface area contributed by atoms with Crippen LogP contribution in [-0.2, 0) is 9.53 Å². The van der Waals surface area contributed by atoms with Crippen molar-refractivity contribution in [1.29, 1.82) is 0 Å². The summed E-state index contributed by atoms with van der Waals surface area (Å²) in [5, 5.41) is 0. The van der Waals surface area contributed by atoms with E-state index < -0.39 is 5.97 Å². The van der Waals surface area contributed by atoms with Crippen molar-refractivity contribution >= 4 is 17.9 Å². The van der Waals surface area contributed by atoms with E-state index in [1.807, 2.05) is 0 Å². The molecule has 3 heterocycles. The van der Waals surface area contributed by atoms with Crippen molar-refractivity contribution in [3.8, 4) is 28.7 Å². The molecular weight excluding hydrogens is 354 g/mol. The van der Waals surface area contributed by atoms with Crippen molar-refractivity contribution in [2.24, 2.45) is 4.99 Å². The smallest absolute Gasteiger partial charge is 0.363 e. The summed E-state index contributed by atoms with van der Waals surface area (Å²) in [6.45, 7) is 0.294. The van der Waals surface area contributed by atoms with Gasteiger partial charge in [0.1, 0.15) is 0 Å². The average Bonchev–Trinajstić information content (AvgIpc) is 3.40. The Morgan fingerprint density at radius 1 is 1.00 bits per heavy atom. The summed E-state index contributed by atoms with van der Waals surface area (Å²) in [7, 11) is 1.54. The van der Waals surface area contributed by atoms with Gasteiger partial charge in [0.15, 0.2) is 28.7 Å². The van der Waals surface area contributed by atoms with Crippen LogP contribution >= 0.6 is 0 Å². The number of nitrogens with zero attached hydrogens (tertiary/aromatic N) is 1. The monoisotopic (exact) mass is 367 g/mol. The minimum absolute atomic E-state index is 0.125. The fourth-order valence-corrected chi connectivity index (χ4v) is 2.95. The molecule has 27 heavy (non-hydrogen) atoms. The fourth-order valence-electron chi connectivity index (χ4n) is 2.95. The molecule has 2 aromatic rings. The molecule has 0 fully saturated rings. The van der Waals surface area contributed by atoms with Gasteiger partial charge >= 0.3 is 5.97 Å². The van der Waals surface area contributed by atoms with Gasteiger partial charge in [-0.05, 0) is 42.0 Å². The predicted octanol–water partition coefficient (Wildman–Crippen LogP) is 2.50. The zero-order chi connectivity index (χ0) is 18.4. The second kappa shape index (κ2) is 5.94. The third-order valence-corrected chi connectivity index (χ3v) is 4.22.